The van der Waals surface area contributed by atoms with Gasteiger partial charge in [0.05, 0.1) is 25.7 Å². The van der Waals surface area contributed by atoms with Crippen molar-refractivity contribution in [1.82, 2.24) is 0 Å². The Hall–Kier alpha value is -2.02. The standard InChI is InChI=1S/C13H13NO3/c1-16-11-5-3-4-10(12(11)17-2)13(8-14)6-9(15)7-13/h3-5H,6-7H2,1-2H3. The molecule has 0 heterocycles. The maximum absolute atomic E-state index is 11.2. The molecule has 88 valence electrons. The predicted molar refractivity (Wildman–Crippen MR) is 61.1 cm³/mol. The minimum Gasteiger partial charge on any atom is -0.493 e. The molecule has 0 amide bonds. The zero-order valence-electron chi connectivity index (χ0n) is 9.82. The van der Waals surface area contributed by atoms with Crippen LogP contribution in [0.4, 0.5) is 0 Å². The third-order valence-corrected chi connectivity index (χ3v) is 3.13. The summed E-state index contributed by atoms with van der Waals surface area (Å²) in [6.07, 6.45) is 0.514. The molecule has 0 N–H and O–H groups in total. The highest BCUT2D eigenvalue weighted by atomic mass is 16.5. The normalized spacial score (nSPS) is 16.9. The summed E-state index contributed by atoms with van der Waals surface area (Å²) >= 11 is 0. The fraction of sp³-hybridized carbons (Fsp3) is 0.385. The first-order valence-corrected chi connectivity index (χ1v) is 5.31. The molecule has 2 rings (SSSR count). The quantitative estimate of drug-likeness (QED) is 0.796. The minimum atomic E-state index is -0.739. The van der Waals surface area contributed by atoms with Crippen LogP contribution in [-0.2, 0) is 10.2 Å². The zero-order chi connectivity index (χ0) is 12.5. The van der Waals surface area contributed by atoms with Crippen molar-refractivity contribution in [3.8, 4) is 17.6 Å². The summed E-state index contributed by atoms with van der Waals surface area (Å²) in [5.41, 5.74) is -0.00167. The van der Waals surface area contributed by atoms with Crippen molar-refractivity contribution in [3.63, 3.8) is 0 Å². The van der Waals surface area contributed by atoms with Gasteiger partial charge in [0.25, 0.3) is 0 Å². The average Bonchev–Trinajstić information content (AvgIpc) is 2.33. The van der Waals surface area contributed by atoms with Crippen LogP contribution in [0, 0.1) is 11.3 Å². The van der Waals surface area contributed by atoms with Crippen molar-refractivity contribution < 1.29 is 14.3 Å². The van der Waals surface area contributed by atoms with Crippen molar-refractivity contribution in [2.24, 2.45) is 0 Å². The lowest BCUT2D eigenvalue weighted by molar-refractivity contribution is -0.126. The van der Waals surface area contributed by atoms with Gasteiger partial charge in [-0.25, -0.2) is 0 Å². The summed E-state index contributed by atoms with van der Waals surface area (Å²) in [5.74, 6) is 1.24. The maximum atomic E-state index is 11.2. The van der Waals surface area contributed by atoms with Gasteiger partial charge in [0, 0.05) is 18.4 Å². The molecule has 0 saturated heterocycles. The van der Waals surface area contributed by atoms with Crippen LogP contribution in [0.3, 0.4) is 0 Å². The molecule has 0 aliphatic heterocycles. The Bertz CT molecular complexity index is 494. The lowest BCUT2D eigenvalue weighted by Gasteiger charge is -2.35. The molecule has 1 aliphatic rings. The van der Waals surface area contributed by atoms with Crippen LogP contribution in [0.25, 0.3) is 0 Å². The Morgan fingerprint density at radius 1 is 1.29 bits per heavy atom. The smallest absolute Gasteiger partial charge is 0.165 e. The highest BCUT2D eigenvalue weighted by molar-refractivity contribution is 5.90. The molecule has 0 aromatic heterocycles. The Labute approximate surface area is 99.8 Å². The van der Waals surface area contributed by atoms with Crippen LogP contribution < -0.4 is 9.47 Å². The number of carbonyl (C=O) groups excluding carboxylic acids is 1. The highest BCUT2D eigenvalue weighted by Gasteiger charge is 2.47. The van der Waals surface area contributed by atoms with Gasteiger partial charge in [0.2, 0.25) is 0 Å². The Kier molecular flexibility index (Phi) is 2.76. The molecule has 1 aliphatic carbocycles. The van der Waals surface area contributed by atoms with E-state index in [0.717, 1.165) is 5.56 Å². The topological polar surface area (TPSA) is 59.3 Å². The number of Topliss-reactive ketones (excluding diaryl/α,β-unsaturated/α-hetero) is 1. The molecular formula is C13H13NO3. The zero-order valence-corrected chi connectivity index (χ0v) is 9.82. The number of hydrogen-bond acceptors (Lipinski definition) is 4. The lowest BCUT2D eigenvalue weighted by Crippen LogP contribution is -2.40. The van der Waals surface area contributed by atoms with E-state index in [4.69, 9.17) is 9.47 Å². The number of nitrogens with zero attached hydrogens (tertiary/aromatic N) is 1. The predicted octanol–water partition coefficient (Wildman–Crippen LogP) is 1.83. The fourth-order valence-electron chi connectivity index (χ4n) is 2.22. The van der Waals surface area contributed by atoms with Crippen LogP contribution in [0.5, 0.6) is 11.5 Å². The van der Waals surface area contributed by atoms with Gasteiger partial charge in [-0.2, -0.15) is 5.26 Å². The van der Waals surface area contributed by atoms with E-state index in [1.54, 1.807) is 19.2 Å². The van der Waals surface area contributed by atoms with Crippen LogP contribution in [0.15, 0.2) is 18.2 Å². The number of nitriles is 1. The molecule has 1 aromatic carbocycles. The van der Waals surface area contributed by atoms with E-state index in [1.165, 1.54) is 7.11 Å². The van der Waals surface area contributed by atoms with Crippen molar-refractivity contribution in [1.29, 1.82) is 5.26 Å². The largest absolute Gasteiger partial charge is 0.493 e. The number of ether oxygens (including phenoxy) is 2. The third kappa shape index (κ3) is 1.64. The number of methoxy groups -OCH3 is 2. The second kappa shape index (κ2) is 4.10. The Balaban J connectivity index is 2.52. The van der Waals surface area contributed by atoms with E-state index in [-0.39, 0.29) is 18.6 Å². The van der Waals surface area contributed by atoms with E-state index >= 15 is 0 Å². The fourth-order valence-corrected chi connectivity index (χ4v) is 2.22. The second-order valence-electron chi connectivity index (χ2n) is 4.13. The summed E-state index contributed by atoms with van der Waals surface area (Å²) in [4.78, 5) is 11.2. The van der Waals surface area contributed by atoms with Crippen molar-refractivity contribution >= 4 is 5.78 Å². The van der Waals surface area contributed by atoms with Gasteiger partial charge in [-0.15, -0.1) is 0 Å². The average molecular weight is 231 g/mol. The molecule has 0 unspecified atom stereocenters. The summed E-state index contributed by atoms with van der Waals surface area (Å²) in [6, 6.07) is 7.62. The molecule has 0 spiro atoms. The molecule has 4 nitrogen and oxygen atoms in total. The summed E-state index contributed by atoms with van der Waals surface area (Å²) in [5, 5.41) is 9.29. The van der Waals surface area contributed by atoms with Gasteiger partial charge in [-0.1, -0.05) is 12.1 Å². The summed E-state index contributed by atoms with van der Waals surface area (Å²) < 4.78 is 10.5. The molecule has 1 aromatic rings. The number of benzene rings is 1. The van der Waals surface area contributed by atoms with E-state index in [9.17, 15) is 10.1 Å². The first-order chi connectivity index (χ1) is 8.16. The van der Waals surface area contributed by atoms with Gasteiger partial charge in [-0.3, -0.25) is 4.79 Å². The van der Waals surface area contributed by atoms with Gasteiger partial charge < -0.3 is 9.47 Å². The molecule has 1 saturated carbocycles. The maximum Gasteiger partial charge on any atom is 0.165 e. The van der Waals surface area contributed by atoms with Gasteiger partial charge in [0.1, 0.15) is 5.78 Å². The van der Waals surface area contributed by atoms with Gasteiger partial charge in [0.15, 0.2) is 11.5 Å². The van der Waals surface area contributed by atoms with Gasteiger partial charge >= 0.3 is 0 Å². The number of ketones is 1. The Morgan fingerprint density at radius 3 is 2.47 bits per heavy atom. The molecule has 0 atom stereocenters. The molecule has 1 fully saturated rings. The second-order valence-corrected chi connectivity index (χ2v) is 4.13. The summed E-state index contributed by atoms with van der Waals surface area (Å²) in [6.45, 7) is 0. The molecular weight excluding hydrogens is 218 g/mol. The third-order valence-electron chi connectivity index (χ3n) is 3.13. The van der Waals surface area contributed by atoms with Crippen LogP contribution in [0.1, 0.15) is 18.4 Å². The number of hydrogen-bond donors (Lipinski definition) is 0. The minimum absolute atomic E-state index is 0.108. The monoisotopic (exact) mass is 231 g/mol. The lowest BCUT2D eigenvalue weighted by atomic mass is 9.64. The van der Waals surface area contributed by atoms with Crippen molar-refractivity contribution in [2.75, 3.05) is 14.2 Å². The number of rotatable bonds is 3. The SMILES string of the molecule is COc1cccc(C2(C#N)CC(=O)C2)c1OC. The molecule has 0 radical (unpaired) electrons. The van der Waals surface area contributed by atoms with Crippen molar-refractivity contribution in [3.05, 3.63) is 23.8 Å². The number of carbonyl (C=O) groups is 1. The van der Waals surface area contributed by atoms with E-state index in [2.05, 4.69) is 6.07 Å². The van der Waals surface area contributed by atoms with Crippen LogP contribution in [-0.4, -0.2) is 20.0 Å². The molecule has 0 bridgehead atoms. The van der Waals surface area contributed by atoms with Gasteiger partial charge in [-0.05, 0) is 6.07 Å². The van der Waals surface area contributed by atoms with E-state index in [1.807, 2.05) is 6.07 Å². The number of para-hydroxylation sites is 1. The van der Waals surface area contributed by atoms with Crippen LogP contribution >= 0.6 is 0 Å². The first kappa shape index (κ1) is 11.5. The first-order valence-electron chi connectivity index (χ1n) is 5.31. The Morgan fingerprint density at radius 2 is 2.00 bits per heavy atom. The molecule has 17 heavy (non-hydrogen) atoms. The molecule has 4 heteroatoms. The van der Waals surface area contributed by atoms with Crippen LogP contribution in [0.2, 0.25) is 0 Å². The van der Waals surface area contributed by atoms with E-state index in [0.29, 0.717) is 11.5 Å². The summed E-state index contributed by atoms with van der Waals surface area (Å²) in [7, 11) is 3.08. The van der Waals surface area contributed by atoms with E-state index < -0.39 is 5.41 Å². The highest BCUT2D eigenvalue weighted by Crippen LogP contribution is 2.47. The van der Waals surface area contributed by atoms with Crippen molar-refractivity contribution in [2.45, 2.75) is 18.3 Å².